The average molecular weight is 349 g/mol. The van der Waals surface area contributed by atoms with Crippen molar-refractivity contribution in [3.05, 3.63) is 52.1 Å². The Morgan fingerprint density at radius 1 is 1.29 bits per heavy atom. The molecule has 0 unspecified atom stereocenters. The second-order valence-electron chi connectivity index (χ2n) is 4.91. The number of hydrogen-bond acceptors (Lipinski definition) is 3. The van der Waals surface area contributed by atoms with E-state index in [0.717, 1.165) is 10.2 Å². The van der Waals surface area contributed by atoms with E-state index in [1.807, 2.05) is 32.9 Å². The number of pyridine rings is 1. The Bertz CT molecular complexity index is 656. The van der Waals surface area contributed by atoms with Crippen LogP contribution in [0.2, 0.25) is 0 Å². The first-order valence-electron chi connectivity index (χ1n) is 6.67. The topological polar surface area (TPSA) is 51.2 Å². The first-order chi connectivity index (χ1) is 9.95. The molecule has 1 amide bonds. The highest BCUT2D eigenvalue weighted by Crippen LogP contribution is 2.18. The number of nitrogens with one attached hydrogen (secondary N) is 1. The summed E-state index contributed by atoms with van der Waals surface area (Å²) < 4.78 is 6.50. The fourth-order valence-electron chi connectivity index (χ4n) is 1.78. The Balaban J connectivity index is 2.14. The third-order valence-electron chi connectivity index (χ3n) is 2.73. The van der Waals surface area contributed by atoms with Crippen molar-refractivity contribution in [2.75, 3.05) is 5.32 Å². The minimum Gasteiger partial charge on any atom is -0.491 e. The number of amides is 1. The second kappa shape index (κ2) is 6.72. The van der Waals surface area contributed by atoms with E-state index in [-0.39, 0.29) is 12.0 Å². The van der Waals surface area contributed by atoms with E-state index in [4.69, 9.17) is 4.74 Å². The Kier molecular flexibility index (Phi) is 4.96. The quantitative estimate of drug-likeness (QED) is 0.900. The predicted molar refractivity (Wildman–Crippen MR) is 86.8 cm³/mol. The molecule has 4 nitrogen and oxygen atoms in total. The van der Waals surface area contributed by atoms with Gasteiger partial charge in [-0.2, -0.15) is 0 Å². The molecular formula is C16H17BrN2O2. The van der Waals surface area contributed by atoms with E-state index in [2.05, 4.69) is 26.2 Å². The first kappa shape index (κ1) is 15.5. The van der Waals surface area contributed by atoms with Gasteiger partial charge in [0.25, 0.3) is 5.91 Å². The van der Waals surface area contributed by atoms with Gasteiger partial charge < -0.3 is 10.1 Å². The normalized spacial score (nSPS) is 10.5. The highest BCUT2D eigenvalue weighted by molar-refractivity contribution is 9.10. The van der Waals surface area contributed by atoms with Gasteiger partial charge in [0.15, 0.2) is 0 Å². The van der Waals surface area contributed by atoms with Crippen LogP contribution >= 0.6 is 15.9 Å². The fourth-order valence-corrected chi connectivity index (χ4v) is 2.01. The predicted octanol–water partition coefficient (Wildman–Crippen LogP) is 4.19. The first-order valence-corrected chi connectivity index (χ1v) is 7.46. The maximum absolute atomic E-state index is 12.2. The van der Waals surface area contributed by atoms with Crippen molar-refractivity contribution >= 4 is 27.7 Å². The maximum Gasteiger partial charge on any atom is 0.256 e. The van der Waals surface area contributed by atoms with Crippen LogP contribution in [0.3, 0.4) is 0 Å². The summed E-state index contributed by atoms with van der Waals surface area (Å²) >= 11 is 3.38. The summed E-state index contributed by atoms with van der Waals surface area (Å²) in [5.41, 5.74) is 1.36. The molecule has 0 spiro atoms. The SMILES string of the molecule is Cc1nc(NC(=O)c2cccc(OC(C)C)c2)ccc1Br. The zero-order chi connectivity index (χ0) is 15.4. The fraction of sp³-hybridized carbons (Fsp3) is 0.250. The van der Waals surface area contributed by atoms with Crippen molar-refractivity contribution in [1.29, 1.82) is 0 Å². The molecule has 0 aliphatic carbocycles. The smallest absolute Gasteiger partial charge is 0.256 e. The highest BCUT2D eigenvalue weighted by Gasteiger charge is 2.09. The molecule has 1 heterocycles. The number of carbonyl (C=O) groups is 1. The third-order valence-corrected chi connectivity index (χ3v) is 3.57. The van der Waals surface area contributed by atoms with Crippen LogP contribution in [0.4, 0.5) is 5.82 Å². The molecular weight excluding hydrogens is 332 g/mol. The molecule has 0 aliphatic rings. The molecule has 2 rings (SSSR count). The van der Waals surface area contributed by atoms with Crippen molar-refractivity contribution in [3.63, 3.8) is 0 Å². The molecule has 5 heteroatoms. The van der Waals surface area contributed by atoms with Crippen LogP contribution in [0.1, 0.15) is 29.9 Å². The Hall–Kier alpha value is -1.88. The van der Waals surface area contributed by atoms with E-state index < -0.39 is 0 Å². The number of hydrogen-bond donors (Lipinski definition) is 1. The molecule has 1 aromatic heterocycles. The zero-order valence-electron chi connectivity index (χ0n) is 12.2. The van der Waals surface area contributed by atoms with Crippen LogP contribution < -0.4 is 10.1 Å². The van der Waals surface area contributed by atoms with Crippen molar-refractivity contribution in [3.8, 4) is 5.75 Å². The Labute approximate surface area is 132 Å². The summed E-state index contributed by atoms with van der Waals surface area (Å²) in [6.07, 6.45) is 0.0686. The lowest BCUT2D eigenvalue weighted by atomic mass is 10.2. The van der Waals surface area contributed by atoms with Gasteiger partial charge in [-0.15, -0.1) is 0 Å². The number of benzene rings is 1. The van der Waals surface area contributed by atoms with Crippen molar-refractivity contribution < 1.29 is 9.53 Å². The maximum atomic E-state index is 12.2. The van der Waals surface area contributed by atoms with Gasteiger partial charge in [-0.1, -0.05) is 6.07 Å². The van der Waals surface area contributed by atoms with Crippen molar-refractivity contribution in [2.24, 2.45) is 0 Å². The molecule has 0 atom stereocenters. The summed E-state index contributed by atoms with van der Waals surface area (Å²) in [6.45, 7) is 5.76. The summed E-state index contributed by atoms with van der Waals surface area (Å²) in [7, 11) is 0. The number of anilines is 1. The largest absolute Gasteiger partial charge is 0.491 e. The molecule has 0 radical (unpaired) electrons. The van der Waals surface area contributed by atoms with E-state index in [1.54, 1.807) is 24.3 Å². The summed E-state index contributed by atoms with van der Waals surface area (Å²) in [5.74, 6) is 0.993. The average Bonchev–Trinajstić information content (AvgIpc) is 2.42. The lowest BCUT2D eigenvalue weighted by molar-refractivity contribution is 0.102. The second-order valence-corrected chi connectivity index (χ2v) is 5.77. The van der Waals surface area contributed by atoms with Crippen LogP contribution in [-0.2, 0) is 0 Å². The number of aryl methyl sites for hydroxylation is 1. The molecule has 0 saturated carbocycles. The van der Waals surface area contributed by atoms with Gasteiger partial charge in [0.2, 0.25) is 0 Å². The molecule has 0 aliphatic heterocycles. The third kappa shape index (κ3) is 4.29. The lowest BCUT2D eigenvalue weighted by Gasteiger charge is -2.11. The lowest BCUT2D eigenvalue weighted by Crippen LogP contribution is -2.14. The number of carbonyl (C=O) groups excluding carboxylic acids is 1. The number of nitrogens with zero attached hydrogens (tertiary/aromatic N) is 1. The van der Waals surface area contributed by atoms with Crippen LogP contribution in [0, 0.1) is 6.92 Å². The van der Waals surface area contributed by atoms with E-state index in [1.165, 1.54) is 0 Å². The molecule has 21 heavy (non-hydrogen) atoms. The van der Waals surface area contributed by atoms with Gasteiger partial charge in [0, 0.05) is 10.0 Å². The number of halogens is 1. The summed E-state index contributed by atoms with van der Waals surface area (Å²) in [6, 6.07) is 10.7. The molecule has 110 valence electrons. The minimum absolute atomic E-state index is 0.0686. The van der Waals surface area contributed by atoms with Gasteiger partial charge in [-0.25, -0.2) is 4.98 Å². The van der Waals surface area contributed by atoms with Crippen molar-refractivity contribution in [1.82, 2.24) is 4.98 Å². The van der Waals surface area contributed by atoms with Gasteiger partial charge in [0.05, 0.1) is 11.8 Å². The van der Waals surface area contributed by atoms with Gasteiger partial charge in [0.1, 0.15) is 11.6 Å². The van der Waals surface area contributed by atoms with Crippen LogP contribution in [0.5, 0.6) is 5.75 Å². The van der Waals surface area contributed by atoms with Crippen LogP contribution in [0.25, 0.3) is 0 Å². The molecule has 0 fully saturated rings. The Morgan fingerprint density at radius 2 is 2.05 bits per heavy atom. The van der Waals surface area contributed by atoms with Gasteiger partial charge in [-0.05, 0) is 67.0 Å². The van der Waals surface area contributed by atoms with Gasteiger partial charge in [-0.3, -0.25) is 4.79 Å². The monoisotopic (exact) mass is 348 g/mol. The molecule has 1 aromatic carbocycles. The number of ether oxygens (including phenoxy) is 1. The molecule has 2 aromatic rings. The number of aromatic nitrogens is 1. The molecule has 1 N–H and O–H groups in total. The zero-order valence-corrected chi connectivity index (χ0v) is 13.8. The standard InChI is InChI=1S/C16H17BrN2O2/c1-10(2)21-13-6-4-5-12(9-13)16(20)19-15-8-7-14(17)11(3)18-15/h4-10H,1-3H3,(H,18,19,20). The summed E-state index contributed by atoms with van der Waals surface area (Å²) in [5, 5.41) is 2.78. The highest BCUT2D eigenvalue weighted by atomic mass is 79.9. The van der Waals surface area contributed by atoms with Crippen molar-refractivity contribution in [2.45, 2.75) is 26.9 Å². The van der Waals surface area contributed by atoms with Crippen LogP contribution in [-0.4, -0.2) is 17.0 Å². The van der Waals surface area contributed by atoms with E-state index in [0.29, 0.717) is 17.1 Å². The van der Waals surface area contributed by atoms with Gasteiger partial charge >= 0.3 is 0 Å². The Morgan fingerprint density at radius 3 is 2.71 bits per heavy atom. The summed E-state index contributed by atoms with van der Waals surface area (Å²) in [4.78, 5) is 16.5. The van der Waals surface area contributed by atoms with Crippen LogP contribution in [0.15, 0.2) is 40.9 Å². The van der Waals surface area contributed by atoms with E-state index >= 15 is 0 Å². The minimum atomic E-state index is -0.210. The molecule has 0 saturated heterocycles. The molecule has 0 bridgehead atoms. The van der Waals surface area contributed by atoms with E-state index in [9.17, 15) is 4.79 Å². The number of rotatable bonds is 4.